The highest BCUT2D eigenvalue weighted by Gasteiger charge is 2.19. The molecule has 2 heterocycles. The average molecular weight is 388 g/mol. The fourth-order valence-electron chi connectivity index (χ4n) is 2.21. The van der Waals surface area contributed by atoms with E-state index in [0.717, 1.165) is 9.75 Å². The van der Waals surface area contributed by atoms with Gasteiger partial charge in [0.2, 0.25) is 0 Å². The maximum Gasteiger partial charge on any atom is 0.307 e. The molecule has 0 aliphatic heterocycles. The van der Waals surface area contributed by atoms with Crippen molar-refractivity contribution in [2.45, 2.75) is 17.6 Å². The van der Waals surface area contributed by atoms with E-state index in [-0.39, 0.29) is 22.2 Å². The molecule has 0 aliphatic rings. The molecule has 0 spiro atoms. The number of amides is 1. The van der Waals surface area contributed by atoms with Crippen LogP contribution in [-0.4, -0.2) is 20.5 Å². The number of nitrogens with zero attached hydrogens (tertiary/aromatic N) is 1. The normalized spacial score (nSPS) is 11.7. The second-order valence-corrected chi connectivity index (χ2v) is 8.79. The summed E-state index contributed by atoms with van der Waals surface area (Å²) in [4.78, 5) is 14.3. The quantitative estimate of drug-likeness (QED) is 0.518. The molecule has 1 aromatic carbocycles. The number of rotatable bonds is 6. The molecule has 3 aromatic rings. The first-order chi connectivity index (χ1) is 12.4. The summed E-state index contributed by atoms with van der Waals surface area (Å²) >= 11 is 1.55. The van der Waals surface area contributed by atoms with Crippen LogP contribution in [0.2, 0.25) is 0 Å². The molecule has 0 fully saturated rings. The van der Waals surface area contributed by atoms with Crippen molar-refractivity contribution < 1.29 is 17.6 Å². The first-order valence-electron chi connectivity index (χ1n) is 7.70. The van der Waals surface area contributed by atoms with Crippen LogP contribution in [0.1, 0.15) is 26.1 Å². The molecule has 0 bridgehead atoms. The Morgan fingerprint density at radius 3 is 2.62 bits per heavy atom. The Kier molecular flexibility index (Phi) is 5.34. The number of hydrogen-bond acceptors (Lipinski definition) is 6. The van der Waals surface area contributed by atoms with E-state index in [9.17, 15) is 13.2 Å². The highest BCUT2D eigenvalue weighted by Crippen LogP contribution is 2.18. The molecule has 0 saturated carbocycles. The van der Waals surface area contributed by atoms with Crippen molar-refractivity contribution in [1.29, 1.82) is 0 Å². The average Bonchev–Trinajstić information content (AvgIpc) is 3.24. The molecule has 1 N–H and O–H groups in total. The predicted octanol–water partition coefficient (Wildman–Crippen LogP) is 3.39. The largest absolute Gasteiger partial charge is 0.455 e. The number of hydrazone groups is 1. The number of hydrogen-bond donors (Lipinski definition) is 1. The minimum Gasteiger partial charge on any atom is -0.455 e. The van der Waals surface area contributed by atoms with E-state index in [1.54, 1.807) is 35.8 Å². The number of thiophene rings is 1. The van der Waals surface area contributed by atoms with E-state index in [2.05, 4.69) is 10.5 Å². The van der Waals surface area contributed by atoms with E-state index < -0.39 is 15.7 Å². The van der Waals surface area contributed by atoms with Crippen molar-refractivity contribution in [2.75, 3.05) is 0 Å². The molecule has 3 rings (SSSR count). The van der Waals surface area contributed by atoms with Crippen molar-refractivity contribution in [3.05, 3.63) is 75.9 Å². The van der Waals surface area contributed by atoms with Crippen LogP contribution in [0.5, 0.6) is 0 Å². The second-order valence-electron chi connectivity index (χ2n) is 5.49. The van der Waals surface area contributed by atoms with Crippen molar-refractivity contribution in [2.24, 2.45) is 5.10 Å². The van der Waals surface area contributed by atoms with Gasteiger partial charge in [-0.2, -0.15) is 5.10 Å². The lowest BCUT2D eigenvalue weighted by molar-refractivity contribution is 0.0926. The summed E-state index contributed by atoms with van der Waals surface area (Å²) in [6.07, 6.45) is 1.54. The molecule has 26 heavy (non-hydrogen) atoms. The summed E-state index contributed by atoms with van der Waals surface area (Å²) in [7, 11) is -3.53. The Morgan fingerprint density at radius 2 is 1.92 bits per heavy atom. The van der Waals surface area contributed by atoms with E-state index in [0.29, 0.717) is 0 Å². The lowest BCUT2D eigenvalue weighted by Gasteiger charge is -2.02. The molecular formula is C18H16N2O4S2. The molecule has 0 atom stereocenters. The van der Waals surface area contributed by atoms with Gasteiger partial charge in [0.15, 0.2) is 15.6 Å². The summed E-state index contributed by atoms with van der Waals surface area (Å²) in [5.41, 5.74) is 2.36. The van der Waals surface area contributed by atoms with Crippen LogP contribution in [-0.2, 0) is 15.6 Å². The van der Waals surface area contributed by atoms with Crippen LogP contribution in [0.3, 0.4) is 0 Å². The standard InChI is InChI=1S/C18H16N2O4S2/c1-13-7-9-15(25-13)11-19-20-18(21)17-10-8-14(24-17)12-26(22,23)16-5-3-2-4-6-16/h2-11H,12H2,1H3,(H,20,21)/b19-11-. The third kappa shape index (κ3) is 4.47. The zero-order chi connectivity index (χ0) is 18.6. The zero-order valence-corrected chi connectivity index (χ0v) is 15.5. The van der Waals surface area contributed by atoms with Gasteiger partial charge in [0.1, 0.15) is 11.5 Å². The smallest absolute Gasteiger partial charge is 0.307 e. The van der Waals surface area contributed by atoms with Crippen molar-refractivity contribution >= 4 is 33.3 Å². The topological polar surface area (TPSA) is 88.7 Å². The molecule has 8 heteroatoms. The number of nitrogens with one attached hydrogen (secondary N) is 1. The van der Waals surface area contributed by atoms with E-state index in [1.807, 2.05) is 19.1 Å². The number of benzene rings is 1. The Morgan fingerprint density at radius 1 is 1.15 bits per heavy atom. The summed E-state index contributed by atoms with van der Waals surface area (Å²) in [6.45, 7) is 1.98. The lowest BCUT2D eigenvalue weighted by Crippen LogP contribution is -2.16. The first kappa shape index (κ1) is 18.1. The molecule has 6 nitrogen and oxygen atoms in total. The molecular weight excluding hydrogens is 372 g/mol. The Hall–Kier alpha value is -2.71. The van der Waals surface area contributed by atoms with Gasteiger partial charge >= 0.3 is 5.91 Å². The van der Waals surface area contributed by atoms with Gasteiger partial charge in [0, 0.05) is 9.75 Å². The van der Waals surface area contributed by atoms with Gasteiger partial charge in [-0.1, -0.05) is 18.2 Å². The van der Waals surface area contributed by atoms with Crippen LogP contribution in [0, 0.1) is 6.92 Å². The number of sulfone groups is 1. The molecule has 2 aromatic heterocycles. The molecule has 1 amide bonds. The van der Waals surface area contributed by atoms with Crippen molar-refractivity contribution in [3.63, 3.8) is 0 Å². The van der Waals surface area contributed by atoms with Crippen LogP contribution >= 0.6 is 11.3 Å². The molecule has 0 aliphatic carbocycles. The minimum atomic E-state index is -3.53. The molecule has 0 radical (unpaired) electrons. The van der Waals surface area contributed by atoms with Gasteiger partial charge < -0.3 is 4.42 Å². The maximum atomic E-state index is 12.3. The summed E-state index contributed by atoms with van der Waals surface area (Å²) < 4.78 is 30.0. The van der Waals surface area contributed by atoms with Crippen LogP contribution in [0.4, 0.5) is 0 Å². The molecule has 134 valence electrons. The van der Waals surface area contributed by atoms with Gasteiger partial charge in [-0.05, 0) is 43.3 Å². The number of carbonyl (C=O) groups excluding carboxylic acids is 1. The summed E-state index contributed by atoms with van der Waals surface area (Å²) in [5.74, 6) is -0.667. The monoisotopic (exact) mass is 388 g/mol. The Labute approximate surface area is 155 Å². The predicted molar refractivity (Wildman–Crippen MR) is 100 cm³/mol. The van der Waals surface area contributed by atoms with Crippen molar-refractivity contribution in [1.82, 2.24) is 5.43 Å². The second kappa shape index (κ2) is 7.67. The third-order valence-corrected chi connectivity index (χ3v) is 6.03. The van der Waals surface area contributed by atoms with Gasteiger partial charge in [-0.25, -0.2) is 13.8 Å². The third-order valence-electron chi connectivity index (χ3n) is 3.44. The highest BCUT2D eigenvalue weighted by molar-refractivity contribution is 7.90. The molecule has 0 unspecified atom stereocenters. The number of carbonyl (C=O) groups is 1. The van der Waals surface area contributed by atoms with Gasteiger partial charge in [-0.3, -0.25) is 4.79 Å². The number of furan rings is 1. The van der Waals surface area contributed by atoms with Gasteiger partial charge in [0.05, 0.1) is 11.1 Å². The van der Waals surface area contributed by atoms with Crippen molar-refractivity contribution in [3.8, 4) is 0 Å². The molecule has 0 saturated heterocycles. The lowest BCUT2D eigenvalue weighted by atomic mass is 10.4. The SMILES string of the molecule is Cc1ccc(/C=N\NC(=O)c2ccc(CS(=O)(=O)c3ccccc3)o2)s1. The maximum absolute atomic E-state index is 12.3. The van der Waals surface area contributed by atoms with Crippen LogP contribution in [0.25, 0.3) is 0 Å². The fourth-order valence-corrected chi connectivity index (χ4v) is 4.23. The minimum absolute atomic E-state index is 0.00257. The summed E-state index contributed by atoms with van der Waals surface area (Å²) in [6, 6.07) is 14.8. The fraction of sp³-hybridized carbons (Fsp3) is 0.111. The van der Waals surface area contributed by atoms with Gasteiger partial charge in [-0.15, -0.1) is 11.3 Å². The first-order valence-corrected chi connectivity index (χ1v) is 10.2. The Bertz CT molecular complexity index is 1030. The van der Waals surface area contributed by atoms with Crippen LogP contribution in [0.15, 0.2) is 69.0 Å². The highest BCUT2D eigenvalue weighted by atomic mass is 32.2. The van der Waals surface area contributed by atoms with E-state index in [1.165, 1.54) is 24.3 Å². The summed E-state index contributed by atoms with van der Waals surface area (Å²) in [5, 5.41) is 3.87. The van der Waals surface area contributed by atoms with E-state index in [4.69, 9.17) is 4.42 Å². The van der Waals surface area contributed by atoms with E-state index >= 15 is 0 Å². The zero-order valence-electron chi connectivity index (χ0n) is 13.9. The number of aryl methyl sites for hydroxylation is 1. The Balaban J connectivity index is 1.64. The van der Waals surface area contributed by atoms with Gasteiger partial charge in [0.25, 0.3) is 0 Å². The van der Waals surface area contributed by atoms with Crippen LogP contribution < -0.4 is 5.43 Å².